The maximum absolute atomic E-state index is 4.24. The van der Waals surface area contributed by atoms with E-state index in [0.29, 0.717) is 0 Å². The van der Waals surface area contributed by atoms with Gasteiger partial charge in [0.25, 0.3) is 0 Å². The van der Waals surface area contributed by atoms with Crippen molar-refractivity contribution < 1.29 is 0 Å². The third-order valence-corrected chi connectivity index (χ3v) is 4.28. The van der Waals surface area contributed by atoms with Gasteiger partial charge in [-0.05, 0) is 22.2 Å². The van der Waals surface area contributed by atoms with Gasteiger partial charge < -0.3 is 4.98 Å². The quantitative estimate of drug-likeness (QED) is 0.392. The normalized spacial score (nSPS) is 11.8. The van der Waals surface area contributed by atoms with Gasteiger partial charge in [-0.15, -0.1) is 0 Å². The predicted molar refractivity (Wildman–Crippen MR) is 88.6 cm³/mol. The van der Waals surface area contributed by atoms with Crippen molar-refractivity contribution in [3.8, 4) is 0 Å². The molecule has 0 atom stereocenters. The van der Waals surface area contributed by atoms with Crippen LogP contribution in [-0.2, 0) is 0 Å². The first-order valence-electron chi connectivity index (χ1n) is 7.08. The number of nitrogens with zero attached hydrogens (tertiary/aromatic N) is 1. The Balaban J connectivity index is 2.25. The molecule has 0 fully saturated rings. The first-order valence-corrected chi connectivity index (χ1v) is 7.08. The minimum absolute atomic E-state index is 1.09. The van der Waals surface area contributed by atoms with Crippen LogP contribution in [0.15, 0.2) is 67.0 Å². The summed E-state index contributed by atoms with van der Waals surface area (Å²) in [7, 11) is 0. The van der Waals surface area contributed by atoms with Gasteiger partial charge in [0.05, 0.1) is 17.2 Å². The molecule has 98 valence electrons. The van der Waals surface area contributed by atoms with Crippen LogP contribution >= 0.6 is 0 Å². The van der Waals surface area contributed by atoms with Crippen LogP contribution in [0, 0.1) is 0 Å². The molecule has 5 aromatic rings. The lowest BCUT2D eigenvalue weighted by Gasteiger charge is -2.06. The molecule has 3 aromatic carbocycles. The molecule has 5 rings (SSSR count). The second-order valence-electron chi connectivity index (χ2n) is 5.39. The van der Waals surface area contributed by atoms with Crippen molar-refractivity contribution in [2.45, 2.75) is 0 Å². The molecule has 0 spiro atoms. The molecule has 2 nitrogen and oxygen atoms in total. The Morgan fingerprint density at radius 2 is 1.33 bits per heavy atom. The maximum Gasteiger partial charge on any atom is 0.0651 e. The van der Waals surface area contributed by atoms with Crippen LogP contribution in [0.3, 0.4) is 0 Å². The van der Waals surface area contributed by atoms with Gasteiger partial charge in [-0.2, -0.15) is 0 Å². The summed E-state index contributed by atoms with van der Waals surface area (Å²) in [4.78, 5) is 7.79. The smallest absolute Gasteiger partial charge is 0.0651 e. The van der Waals surface area contributed by atoms with E-state index in [2.05, 4.69) is 64.6 Å². The number of pyridine rings is 1. The zero-order valence-electron chi connectivity index (χ0n) is 11.3. The Bertz CT molecular complexity index is 1140. The summed E-state index contributed by atoms with van der Waals surface area (Å²) < 4.78 is 0. The maximum atomic E-state index is 4.24. The highest BCUT2D eigenvalue weighted by molar-refractivity contribution is 6.31. The number of fused-ring (bicyclic) bond motifs is 8. The summed E-state index contributed by atoms with van der Waals surface area (Å²) in [5.41, 5.74) is 2.29. The third kappa shape index (κ3) is 1.34. The number of hydrogen-bond donors (Lipinski definition) is 1. The van der Waals surface area contributed by atoms with Crippen molar-refractivity contribution in [1.82, 2.24) is 9.97 Å². The van der Waals surface area contributed by atoms with Gasteiger partial charge in [0, 0.05) is 22.4 Å². The lowest BCUT2D eigenvalue weighted by atomic mass is 9.97. The van der Waals surface area contributed by atoms with Crippen LogP contribution in [0.1, 0.15) is 0 Å². The van der Waals surface area contributed by atoms with Crippen molar-refractivity contribution >= 4 is 43.4 Å². The van der Waals surface area contributed by atoms with Gasteiger partial charge in [-0.1, -0.05) is 48.5 Å². The van der Waals surface area contributed by atoms with Gasteiger partial charge in [0.15, 0.2) is 0 Å². The number of nitrogens with one attached hydrogen (secondary N) is 1. The van der Waals surface area contributed by atoms with Crippen molar-refractivity contribution in [1.29, 1.82) is 0 Å². The molecule has 0 saturated heterocycles. The highest BCUT2D eigenvalue weighted by atomic mass is 14.7. The van der Waals surface area contributed by atoms with Crippen LogP contribution in [0.2, 0.25) is 0 Å². The molecule has 0 saturated carbocycles. The Labute approximate surface area is 121 Å². The van der Waals surface area contributed by atoms with E-state index in [-0.39, 0.29) is 0 Å². The first kappa shape index (κ1) is 10.9. The number of aromatic amines is 1. The van der Waals surface area contributed by atoms with Crippen LogP contribution in [-0.4, -0.2) is 9.97 Å². The molecule has 21 heavy (non-hydrogen) atoms. The van der Waals surface area contributed by atoms with E-state index in [0.717, 1.165) is 5.52 Å². The van der Waals surface area contributed by atoms with Crippen molar-refractivity contribution in [3.05, 3.63) is 67.0 Å². The van der Waals surface area contributed by atoms with Crippen molar-refractivity contribution in [2.24, 2.45) is 0 Å². The Hall–Kier alpha value is -2.87. The van der Waals surface area contributed by atoms with Gasteiger partial charge in [-0.25, -0.2) is 0 Å². The average molecular weight is 268 g/mol. The van der Waals surface area contributed by atoms with Crippen LogP contribution in [0.4, 0.5) is 0 Å². The van der Waals surface area contributed by atoms with E-state index in [1.54, 1.807) is 0 Å². The molecule has 2 aromatic heterocycles. The lowest BCUT2D eigenvalue weighted by molar-refractivity contribution is 1.35. The zero-order chi connectivity index (χ0) is 13.8. The molecule has 0 aliphatic heterocycles. The van der Waals surface area contributed by atoms with E-state index < -0.39 is 0 Å². The van der Waals surface area contributed by atoms with Crippen molar-refractivity contribution in [3.63, 3.8) is 0 Å². The van der Waals surface area contributed by atoms with E-state index in [9.17, 15) is 0 Å². The fourth-order valence-electron chi connectivity index (χ4n) is 3.40. The molecular formula is C19H12N2. The molecule has 2 heteroatoms. The minimum atomic E-state index is 1.09. The fourth-order valence-corrected chi connectivity index (χ4v) is 3.40. The molecule has 0 aliphatic carbocycles. The van der Waals surface area contributed by atoms with E-state index in [1.807, 2.05) is 12.4 Å². The van der Waals surface area contributed by atoms with Gasteiger partial charge in [-0.3, -0.25) is 4.98 Å². The summed E-state index contributed by atoms with van der Waals surface area (Å²) in [6.45, 7) is 0. The Kier molecular flexibility index (Phi) is 1.98. The number of hydrogen-bond acceptors (Lipinski definition) is 1. The number of rotatable bonds is 0. The summed E-state index contributed by atoms with van der Waals surface area (Å²) in [5, 5.41) is 7.69. The monoisotopic (exact) mass is 268 g/mol. The Morgan fingerprint density at radius 3 is 2.14 bits per heavy atom. The second-order valence-corrected chi connectivity index (χ2v) is 5.39. The molecule has 0 bridgehead atoms. The summed E-state index contributed by atoms with van der Waals surface area (Å²) in [6, 6.07) is 19.3. The molecule has 0 amide bonds. The third-order valence-electron chi connectivity index (χ3n) is 4.28. The number of H-pyrrole nitrogens is 1. The van der Waals surface area contributed by atoms with Gasteiger partial charge in [0.2, 0.25) is 0 Å². The minimum Gasteiger partial charge on any atom is -0.353 e. The standard InChI is InChI=1S/C19H12N2/c1-3-7-14-12(5-1)13-6-2-4-8-15(13)19-18(14)16-9-10-20-11-17(16)21-19/h1-11,21H. The topological polar surface area (TPSA) is 28.7 Å². The zero-order valence-corrected chi connectivity index (χ0v) is 11.3. The number of aromatic nitrogens is 2. The number of benzene rings is 3. The van der Waals surface area contributed by atoms with Gasteiger partial charge >= 0.3 is 0 Å². The van der Waals surface area contributed by atoms with Crippen LogP contribution in [0.25, 0.3) is 43.4 Å². The lowest BCUT2D eigenvalue weighted by Crippen LogP contribution is -1.80. The SMILES string of the molecule is c1ccc2c(c1)c1ccccc1c1c3ccncc3[nH]c21. The van der Waals surface area contributed by atoms with Crippen molar-refractivity contribution in [2.75, 3.05) is 0 Å². The van der Waals surface area contributed by atoms with E-state index in [1.165, 1.54) is 37.8 Å². The summed E-state index contributed by atoms with van der Waals surface area (Å²) in [6.07, 6.45) is 3.76. The first-order chi connectivity index (χ1) is 10.4. The predicted octanol–water partition coefficient (Wildman–Crippen LogP) is 5.02. The average Bonchev–Trinajstić information content (AvgIpc) is 2.95. The second kappa shape index (κ2) is 3.83. The molecule has 2 heterocycles. The van der Waals surface area contributed by atoms with Crippen LogP contribution < -0.4 is 0 Å². The molecular weight excluding hydrogens is 256 g/mol. The Morgan fingerprint density at radius 1 is 0.667 bits per heavy atom. The molecule has 0 unspecified atom stereocenters. The summed E-state index contributed by atoms with van der Waals surface area (Å²) in [5.74, 6) is 0. The van der Waals surface area contributed by atoms with E-state index >= 15 is 0 Å². The van der Waals surface area contributed by atoms with Crippen LogP contribution in [0.5, 0.6) is 0 Å². The molecule has 0 aliphatic rings. The summed E-state index contributed by atoms with van der Waals surface area (Å²) >= 11 is 0. The largest absolute Gasteiger partial charge is 0.353 e. The molecule has 1 N–H and O–H groups in total. The van der Waals surface area contributed by atoms with E-state index in [4.69, 9.17) is 0 Å². The highest BCUT2D eigenvalue weighted by Gasteiger charge is 2.12. The fraction of sp³-hybridized carbons (Fsp3) is 0. The van der Waals surface area contributed by atoms with Gasteiger partial charge in [0.1, 0.15) is 0 Å². The highest BCUT2D eigenvalue weighted by Crippen LogP contribution is 2.38. The molecule has 0 radical (unpaired) electrons.